The molecule has 96 valence electrons. The molecule has 4 nitrogen and oxygen atoms in total. The number of hydrogen-bond acceptors (Lipinski definition) is 4. The standard InChI is InChI=1S/C13H16BrN3O/c1-7(2)12-10-5-8(14)3-4-9(10)13(17-15)16-11(12)6-18/h3-5,7,18H,6,15H2,1-2H3,(H,16,17). The summed E-state index contributed by atoms with van der Waals surface area (Å²) >= 11 is 3.47. The van der Waals surface area contributed by atoms with Crippen LogP contribution in [0.5, 0.6) is 0 Å². The number of fused-ring (bicyclic) bond motifs is 1. The molecule has 0 saturated heterocycles. The first kappa shape index (κ1) is 13.3. The van der Waals surface area contributed by atoms with E-state index in [4.69, 9.17) is 5.84 Å². The fraction of sp³-hybridized carbons (Fsp3) is 0.308. The summed E-state index contributed by atoms with van der Waals surface area (Å²) in [5, 5.41) is 11.5. The van der Waals surface area contributed by atoms with Gasteiger partial charge in [0.05, 0.1) is 12.3 Å². The highest BCUT2D eigenvalue weighted by Crippen LogP contribution is 2.33. The third kappa shape index (κ3) is 2.21. The summed E-state index contributed by atoms with van der Waals surface area (Å²) in [5.41, 5.74) is 4.33. The zero-order valence-corrected chi connectivity index (χ0v) is 12.0. The molecule has 0 atom stereocenters. The number of nitrogens with zero attached hydrogens (tertiary/aromatic N) is 1. The number of nitrogens with two attached hydrogens (primary N) is 1. The Morgan fingerprint density at radius 3 is 2.67 bits per heavy atom. The Kier molecular flexibility index (Phi) is 3.85. The molecule has 1 aromatic carbocycles. The number of pyridine rings is 1. The van der Waals surface area contributed by atoms with Crippen LogP contribution in [0.2, 0.25) is 0 Å². The van der Waals surface area contributed by atoms with E-state index >= 15 is 0 Å². The highest BCUT2D eigenvalue weighted by atomic mass is 79.9. The van der Waals surface area contributed by atoms with Gasteiger partial charge in [-0.3, -0.25) is 0 Å². The lowest BCUT2D eigenvalue weighted by atomic mass is 9.95. The van der Waals surface area contributed by atoms with Gasteiger partial charge in [-0.2, -0.15) is 0 Å². The maximum Gasteiger partial charge on any atom is 0.148 e. The smallest absolute Gasteiger partial charge is 0.148 e. The van der Waals surface area contributed by atoms with Crippen molar-refractivity contribution in [3.05, 3.63) is 33.9 Å². The minimum Gasteiger partial charge on any atom is -0.390 e. The zero-order valence-electron chi connectivity index (χ0n) is 10.4. The summed E-state index contributed by atoms with van der Waals surface area (Å²) in [4.78, 5) is 4.39. The molecule has 4 N–H and O–H groups in total. The molecule has 0 spiro atoms. The maximum atomic E-state index is 9.47. The van der Waals surface area contributed by atoms with Gasteiger partial charge in [-0.25, -0.2) is 10.8 Å². The molecule has 0 aliphatic rings. The lowest BCUT2D eigenvalue weighted by Gasteiger charge is -2.17. The van der Waals surface area contributed by atoms with Crippen molar-refractivity contribution in [1.29, 1.82) is 0 Å². The molecule has 2 rings (SSSR count). The molecule has 0 radical (unpaired) electrons. The molecule has 1 aromatic heterocycles. The normalized spacial score (nSPS) is 11.2. The first-order valence-electron chi connectivity index (χ1n) is 5.78. The molecule has 0 bridgehead atoms. The summed E-state index contributed by atoms with van der Waals surface area (Å²) in [7, 11) is 0. The van der Waals surface area contributed by atoms with E-state index in [1.807, 2.05) is 18.2 Å². The van der Waals surface area contributed by atoms with E-state index in [1.165, 1.54) is 0 Å². The van der Waals surface area contributed by atoms with Crippen LogP contribution < -0.4 is 11.3 Å². The number of aliphatic hydroxyl groups excluding tert-OH is 1. The third-order valence-corrected chi connectivity index (χ3v) is 3.44. The second-order valence-corrected chi connectivity index (χ2v) is 5.38. The monoisotopic (exact) mass is 309 g/mol. The third-order valence-electron chi connectivity index (χ3n) is 2.95. The van der Waals surface area contributed by atoms with Gasteiger partial charge >= 0.3 is 0 Å². The van der Waals surface area contributed by atoms with Crippen LogP contribution in [-0.2, 0) is 6.61 Å². The number of hydrogen-bond donors (Lipinski definition) is 3. The Morgan fingerprint density at radius 2 is 2.11 bits per heavy atom. The number of halogens is 1. The number of nitrogen functional groups attached to an aromatic ring is 1. The predicted octanol–water partition coefficient (Wildman–Crippen LogP) is 2.90. The molecule has 1 heterocycles. The Bertz CT molecular complexity index is 584. The van der Waals surface area contributed by atoms with Gasteiger partial charge in [0.2, 0.25) is 0 Å². The Labute approximate surface area is 114 Å². The molecule has 0 aliphatic carbocycles. The average molecular weight is 310 g/mol. The highest BCUT2D eigenvalue weighted by molar-refractivity contribution is 9.10. The average Bonchev–Trinajstić information content (AvgIpc) is 2.35. The second-order valence-electron chi connectivity index (χ2n) is 4.47. The minimum atomic E-state index is -0.0926. The van der Waals surface area contributed by atoms with Gasteiger partial charge in [-0.15, -0.1) is 0 Å². The number of aromatic nitrogens is 1. The van der Waals surface area contributed by atoms with Crippen LogP contribution >= 0.6 is 15.9 Å². The van der Waals surface area contributed by atoms with Gasteiger partial charge in [-0.1, -0.05) is 29.8 Å². The number of hydrazine groups is 1. The maximum absolute atomic E-state index is 9.47. The van der Waals surface area contributed by atoms with Crippen molar-refractivity contribution in [3.8, 4) is 0 Å². The van der Waals surface area contributed by atoms with E-state index in [0.717, 1.165) is 20.8 Å². The van der Waals surface area contributed by atoms with Crippen molar-refractivity contribution in [2.75, 3.05) is 5.43 Å². The van der Waals surface area contributed by atoms with Crippen molar-refractivity contribution in [3.63, 3.8) is 0 Å². The van der Waals surface area contributed by atoms with E-state index < -0.39 is 0 Å². The number of nitrogens with one attached hydrogen (secondary N) is 1. The van der Waals surface area contributed by atoms with Gasteiger partial charge in [0, 0.05) is 9.86 Å². The fourth-order valence-electron chi connectivity index (χ4n) is 2.23. The summed E-state index contributed by atoms with van der Waals surface area (Å²) in [6.07, 6.45) is 0. The molecule has 0 saturated carbocycles. The van der Waals surface area contributed by atoms with Crippen molar-refractivity contribution >= 4 is 32.5 Å². The van der Waals surface area contributed by atoms with E-state index in [-0.39, 0.29) is 12.5 Å². The first-order chi connectivity index (χ1) is 8.58. The van der Waals surface area contributed by atoms with Crippen molar-refractivity contribution in [2.24, 2.45) is 5.84 Å². The summed E-state index contributed by atoms with van der Waals surface area (Å²) < 4.78 is 0.995. The van der Waals surface area contributed by atoms with Crippen LogP contribution in [0.1, 0.15) is 31.0 Å². The molecule has 0 aliphatic heterocycles. The Morgan fingerprint density at radius 1 is 1.39 bits per heavy atom. The molecule has 2 aromatic rings. The topological polar surface area (TPSA) is 71.2 Å². The van der Waals surface area contributed by atoms with Crippen molar-refractivity contribution in [2.45, 2.75) is 26.4 Å². The largest absolute Gasteiger partial charge is 0.390 e. The predicted molar refractivity (Wildman–Crippen MR) is 77.3 cm³/mol. The summed E-state index contributed by atoms with van der Waals surface area (Å²) in [6.45, 7) is 4.09. The van der Waals surface area contributed by atoms with Crippen LogP contribution in [0, 0.1) is 0 Å². The Hall–Kier alpha value is -1.17. The molecular formula is C13H16BrN3O. The number of aliphatic hydroxyl groups is 1. The molecule has 0 unspecified atom stereocenters. The van der Waals surface area contributed by atoms with Crippen LogP contribution in [0.15, 0.2) is 22.7 Å². The molecular weight excluding hydrogens is 294 g/mol. The quantitative estimate of drug-likeness (QED) is 0.602. The minimum absolute atomic E-state index is 0.0926. The molecule has 18 heavy (non-hydrogen) atoms. The van der Waals surface area contributed by atoms with E-state index in [1.54, 1.807) is 0 Å². The van der Waals surface area contributed by atoms with Crippen molar-refractivity contribution in [1.82, 2.24) is 4.98 Å². The van der Waals surface area contributed by atoms with Crippen LogP contribution in [0.3, 0.4) is 0 Å². The van der Waals surface area contributed by atoms with Crippen LogP contribution in [-0.4, -0.2) is 10.1 Å². The summed E-state index contributed by atoms with van der Waals surface area (Å²) in [5.74, 6) is 6.37. The second kappa shape index (κ2) is 5.22. The van der Waals surface area contributed by atoms with Crippen molar-refractivity contribution < 1.29 is 5.11 Å². The number of anilines is 1. The van der Waals surface area contributed by atoms with Crippen LogP contribution in [0.25, 0.3) is 10.8 Å². The number of benzene rings is 1. The van der Waals surface area contributed by atoms with Gasteiger partial charge in [0.15, 0.2) is 0 Å². The zero-order chi connectivity index (χ0) is 13.3. The molecule has 5 heteroatoms. The fourth-order valence-corrected chi connectivity index (χ4v) is 2.59. The van der Waals surface area contributed by atoms with E-state index in [2.05, 4.69) is 40.2 Å². The lowest BCUT2D eigenvalue weighted by Crippen LogP contribution is -2.12. The van der Waals surface area contributed by atoms with E-state index in [0.29, 0.717) is 11.5 Å². The lowest BCUT2D eigenvalue weighted by molar-refractivity contribution is 0.275. The molecule has 0 fully saturated rings. The molecule has 0 amide bonds. The van der Waals surface area contributed by atoms with Gasteiger partial charge in [-0.05, 0) is 35.1 Å². The van der Waals surface area contributed by atoms with Crippen LogP contribution in [0.4, 0.5) is 5.82 Å². The van der Waals surface area contributed by atoms with E-state index in [9.17, 15) is 5.11 Å². The van der Waals surface area contributed by atoms with Gasteiger partial charge in [0.25, 0.3) is 0 Å². The van der Waals surface area contributed by atoms with Gasteiger partial charge in [0.1, 0.15) is 5.82 Å². The summed E-state index contributed by atoms with van der Waals surface area (Å²) in [6, 6.07) is 5.95. The van der Waals surface area contributed by atoms with Gasteiger partial charge < -0.3 is 10.5 Å². The Balaban J connectivity index is 2.89. The SMILES string of the molecule is CC(C)c1c(CO)nc(NN)c2ccc(Br)cc12. The number of rotatable bonds is 3. The highest BCUT2D eigenvalue weighted by Gasteiger charge is 2.15. The first-order valence-corrected chi connectivity index (χ1v) is 6.57.